The second-order valence-corrected chi connectivity index (χ2v) is 6.36. The molecular weight excluding hydrogens is 387 g/mol. The Labute approximate surface area is 165 Å². The van der Waals surface area contributed by atoms with Crippen molar-refractivity contribution in [3.05, 3.63) is 70.8 Å². The monoisotopic (exact) mass is 402 g/mol. The summed E-state index contributed by atoms with van der Waals surface area (Å²) in [7, 11) is 0. The first kappa shape index (κ1) is 19.5. The molecule has 1 aromatic heterocycles. The second kappa shape index (κ2) is 8.18. The molecule has 3 rings (SSSR count). The maximum absolute atomic E-state index is 13.6. The number of carbonyl (C=O) groups is 2. The number of benzene rings is 2. The van der Waals surface area contributed by atoms with Gasteiger partial charge in [0.1, 0.15) is 5.82 Å². The third-order valence-electron chi connectivity index (χ3n) is 3.80. The fraction of sp³-hybridized carbons (Fsp3) is 0.158. The first-order valence-electron chi connectivity index (χ1n) is 8.31. The van der Waals surface area contributed by atoms with Crippen LogP contribution in [0.1, 0.15) is 23.1 Å². The lowest BCUT2D eigenvalue weighted by Gasteiger charge is -2.13. The maximum Gasteiger partial charge on any atom is 0.361 e. The summed E-state index contributed by atoms with van der Waals surface area (Å²) < 4.78 is 18.8. The van der Waals surface area contributed by atoms with Crippen molar-refractivity contribution in [2.24, 2.45) is 0 Å². The molecule has 1 heterocycles. The average Bonchev–Trinajstić information content (AvgIpc) is 3.05. The lowest BCUT2D eigenvalue weighted by molar-refractivity contribution is -0.123. The molecule has 0 aliphatic carbocycles. The lowest BCUT2D eigenvalue weighted by Crippen LogP contribution is -2.30. The van der Waals surface area contributed by atoms with Crippen LogP contribution in [-0.4, -0.2) is 33.0 Å². The van der Waals surface area contributed by atoms with Crippen LogP contribution < -0.4 is 5.32 Å². The van der Waals surface area contributed by atoms with Crippen LogP contribution in [0.5, 0.6) is 0 Å². The number of aryl methyl sites for hydroxylation is 1. The molecule has 0 saturated heterocycles. The predicted octanol–water partition coefficient (Wildman–Crippen LogP) is 3.55. The Bertz CT molecular complexity index is 1040. The highest BCUT2D eigenvalue weighted by molar-refractivity contribution is 6.30. The number of anilines is 1. The average molecular weight is 403 g/mol. The van der Waals surface area contributed by atoms with E-state index in [1.807, 2.05) is 0 Å². The number of ether oxygens (including phenoxy) is 1. The molecule has 28 heavy (non-hydrogen) atoms. The molecule has 144 valence electrons. The summed E-state index contributed by atoms with van der Waals surface area (Å²) in [6, 6.07) is 12.5. The number of para-hydroxylation sites is 1. The molecule has 1 amide bonds. The standard InChI is InChI=1S/C19H16ClFN4O3/c1-11-17(24-25(23-11)14-7-5-6-13(20)10-14)19(27)28-12(2)18(26)22-16-9-4-3-8-15(16)21/h3-10,12H,1-2H3,(H,22,26)/t12-/m0/s1. The van der Waals surface area contributed by atoms with Crippen molar-refractivity contribution in [3.8, 4) is 5.69 Å². The van der Waals surface area contributed by atoms with E-state index in [-0.39, 0.29) is 11.4 Å². The molecule has 0 spiro atoms. The minimum atomic E-state index is -1.16. The van der Waals surface area contributed by atoms with Crippen molar-refractivity contribution in [3.63, 3.8) is 0 Å². The van der Waals surface area contributed by atoms with Crippen molar-refractivity contribution in [2.75, 3.05) is 5.32 Å². The van der Waals surface area contributed by atoms with Crippen LogP contribution in [0.2, 0.25) is 5.02 Å². The number of hydrogen-bond donors (Lipinski definition) is 1. The molecule has 0 bridgehead atoms. The number of hydrogen-bond acceptors (Lipinski definition) is 5. The summed E-state index contributed by atoms with van der Waals surface area (Å²) >= 11 is 5.95. The fourth-order valence-corrected chi connectivity index (χ4v) is 2.53. The fourth-order valence-electron chi connectivity index (χ4n) is 2.35. The van der Waals surface area contributed by atoms with Gasteiger partial charge < -0.3 is 10.1 Å². The Kier molecular flexibility index (Phi) is 5.70. The Hall–Kier alpha value is -3.26. The largest absolute Gasteiger partial charge is 0.448 e. The molecule has 2 aromatic carbocycles. The molecule has 3 aromatic rings. The Morgan fingerprint density at radius 3 is 2.64 bits per heavy atom. The minimum Gasteiger partial charge on any atom is -0.448 e. The van der Waals surface area contributed by atoms with Crippen molar-refractivity contribution in [1.29, 1.82) is 0 Å². The molecule has 0 unspecified atom stereocenters. The summed E-state index contributed by atoms with van der Waals surface area (Å²) in [6.07, 6.45) is -1.16. The Morgan fingerprint density at radius 1 is 1.18 bits per heavy atom. The van der Waals surface area contributed by atoms with Gasteiger partial charge >= 0.3 is 5.97 Å². The van der Waals surface area contributed by atoms with Gasteiger partial charge in [-0.25, -0.2) is 9.18 Å². The summed E-state index contributed by atoms with van der Waals surface area (Å²) in [5.74, 6) is -2.07. The molecule has 7 nitrogen and oxygen atoms in total. The highest BCUT2D eigenvalue weighted by Crippen LogP contribution is 2.16. The highest BCUT2D eigenvalue weighted by Gasteiger charge is 2.24. The van der Waals surface area contributed by atoms with Crippen LogP contribution in [0.15, 0.2) is 48.5 Å². The third kappa shape index (κ3) is 4.34. The third-order valence-corrected chi connectivity index (χ3v) is 4.03. The van der Waals surface area contributed by atoms with Crippen LogP contribution in [-0.2, 0) is 9.53 Å². The highest BCUT2D eigenvalue weighted by atomic mass is 35.5. The van der Waals surface area contributed by atoms with E-state index in [0.29, 0.717) is 16.4 Å². The maximum atomic E-state index is 13.6. The molecule has 9 heteroatoms. The number of rotatable bonds is 5. The van der Waals surface area contributed by atoms with Crippen LogP contribution in [0.4, 0.5) is 10.1 Å². The first-order valence-corrected chi connectivity index (χ1v) is 8.69. The van der Waals surface area contributed by atoms with Crippen molar-refractivity contribution in [1.82, 2.24) is 15.0 Å². The summed E-state index contributed by atoms with van der Waals surface area (Å²) in [5.41, 5.74) is 0.857. The van der Waals surface area contributed by atoms with Gasteiger partial charge in [0.2, 0.25) is 0 Å². The molecular formula is C19H16ClFN4O3. The normalized spacial score (nSPS) is 11.7. The first-order chi connectivity index (χ1) is 13.3. The van der Waals surface area contributed by atoms with E-state index in [4.69, 9.17) is 16.3 Å². The van der Waals surface area contributed by atoms with Gasteiger partial charge in [0.15, 0.2) is 11.8 Å². The van der Waals surface area contributed by atoms with Crippen molar-refractivity contribution >= 4 is 29.2 Å². The number of halogens is 2. The topological polar surface area (TPSA) is 86.1 Å². The molecule has 0 radical (unpaired) electrons. The van der Waals surface area contributed by atoms with Gasteiger partial charge in [-0.1, -0.05) is 29.8 Å². The number of nitrogens with one attached hydrogen (secondary N) is 1. The summed E-state index contributed by atoms with van der Waals surface area (Å²) in [5, 5.41) is 11.1. The number of esters is 1. The Morgan fingerprint density at radius 2 is 1.93 bits per heavy atom. The Balaban J connectivity index is 1.70. The summed E-state index contributed by atoms with van der Waals surface area (Å²) in [4.78, 5) is 25.8. The van der Waals surface area contributed by atoms with Crippen molar-refractivity contribution in [2.45, 2.75) is 20.0 Å². The molecule has 1 atom stereocenters. The lowest BCUT2D eigenvalue weighted by atomic mass is 10.3. The molecule has 0 saturated carbocycles. The predicted molar refractivity (Wildman–Crippen MR) is 101 cm³/mol. The zero-order valence-corrected chi connectivity index (χ0v) is 15.8. The molecule has 1 N–H and O–H groups in total. The second-order valence-electron chi connectivity index (χ2n) is 5.92. The van der Waals surface area contributed by atoms with Crippen LogP contribution >= 0.6 is 11.6 Å². The van der Waals surface area contributed by atoms with Gasteiger partial charge in [0.25, 0.3) is 5.91 Å². The molecule has 0 fully saturated rings. The van der Waals surface area contributed by atoms with Gasteiger partial charge in [-0.05, 0) is 44.2 Å². The number of amides is 1. The van der Waals surface area contributed by atoms with Crippen LogP contribution in [0.3, 0.4) is 0 Å². The van der Waals surface area contributed by atoms with Gasteiger partial charge in [-0.2, -0.15) is 9.90 Å². The quantitative estimate of drug-likeness (QED) is 0.659. The number of nitrogens with zero attached hydrogens (tertiary/aromatic N) is 3. The van der Waals surface area contributed by atoms with Crippen LogP contribution in [0, 0.1) is 12.7 Å². The van der Waals surface area contributed by atoms with E-state index in [1.54, 1.807) is 37.3 Å². The zero-order chi connectivity index (χ0) is 20.3. The molecule has 0 aliphatic heterocycles. The van der Waals surface area contributed by atoms with Crippen molar-refractivity contribution < 1.29 is 18.7 Å². The number of aromatic nitrogens is 3. The van der Waals surface area contributed by atoms with Gasteiger partial charge in [-0.3, -0.25) is 4.79 Å². The van der Waals surface area contributed by atoms with Crippen LogP contribution in [0.25, 0.3) is 5.69 Å². The number of carbonyl (C=O) groups excluding carboxylic acids is 2. The SMILES string of the molecule is Cc1nn(-c2cccc(Cl)c2)nc1C(=O)O[C@@H](C)C(=O)Nc1ccccc1F. The van der Waals surface area contributed by atoms with E-state index in [9.17, 15) is 14.0 Å². The molecule has 0 aliphatic rings. The van der Waals surface area contributed by atoms with Gasteiger partial charge in [-0.15, -0.1) is 5.10 Å². The van der Waals surface area contributed by atoms with E-state index < -0.39 is 23.8 Å². The van der Waals surface area contributed by atoms with E-state index in [0.717, 1.165) is 0 Å². The zero-order valence-electron chi connectivity index (χ0n) is 15.0. The summed E-state index contributed by atoms with van der Waals surface area (Å²) in [6.45, 7) is 2.97. The van der Waals surface area contributed by atoms with E-state index in [2.05, 4.69) is 15.5 Å². The van der Waals surface area contributed by atoms with Gasteiger partial charge in [0.05, 0.1) is 17.1 Å². The smallest absolute Gasteiger partial charge is 0.361 e. The van der Waals surface area contributed by atoms with E-state index >= 15 is 0 Å². The van der Waals surface area contributed by atoms with Gasteiger partial charge in [0, 0.05) is 5.02 Å². The van der Waals surface area contributed by atoms with E-state index in [1.165, 1.54) is 29.9 Å². The minimum absolute atomic E-state index is 0.00141.